The van der Waals surface area contributed by atoms with Gasteiger partial charge in [-0.05, 0) is 30.2 Å². The summed E-state index contributed by atoms with van der Waals surface area (Å²) in [5, 5.41) is 3.54. The topological polar surface area (TPSA) is 114 Å². The largest absolute Gasteiger partial charge is 0.495 e. The second kappa shape index (κ2) is 10.8. The number of hydrogen-bond donors (Lipinski definition) is 1. The highest BCUT2D eigenvalue weighted by molar-refractivity contribution is 14.1. The summed E-state index contributed by atoms with van der Waals surface area (Å²) in [7, 11) is -2.72. The van der Waals surface area contributed by atoms with Gasteiger partial charge in [-0.2, -0.15) is 21.5 Å². The first kappa shape index (κ1) is 28.6. The minimum Gasteiger partial charge on any atom is -0.495 e. The van der Waals surface area contributed by atoms with Gasteiger partial charge in [0.1, 0.15) is 30.3 Å². The van der Waals surface area contributed by atoms with Crippen LogP contribution in [-0.4, -0.2) is 62.7 Å². The molecular formula is C24H21F4IN4O6S. The van der Waals surface area contributed by atoms with Gasteiger partial charge in [0.05, 0.1) is 30.5 Å². The lowest BCUT2D eigenvalue weighted by molar-refractivity contribution is -0.134. The third-order valence-corrected chi connectivity index (χ3v) is 8.69. The van der Waals surface area contributed by atoms with Gasteiger partial charge in [-0.15, -0.1) is 0 Å². The molecule has 2 aromatic carbocycles. The number of ether oxygens (including phenoxy) is 2. The van der Waals surface area contributed by atoms with Crippen LogP contribution < -0.4 is 14.4 Å². The van der Waals surface area contributed by atoms with Crippen molar-refractivity contribution in [2.75, 3.05) is 36.4 Å². The molecule has 2 aliphatic heterocycles. The van der Waals surface area contributed by atoms with Crippen molar-refractivity contribution in [2.24, 2.45) is 0 Å². The van der Waals surface area contributed by atoms with Gasteiger partial charge in [-0.3, -0.25) is 9.52 Å². The van der Waals surface area contributed by atoms with Gasteiger partial charge in [0.2, 0.25) is 0 Å². The molecule has 10 nitrogen and oxygen atoms in total. The van der Waals surface area contributed by atoms with Crippen LogP contribution in [0.15, 0.2) is 47.2 Å². The number of amides is 1. The smallest absolute Gasteiger partial charge is 0.324 e. The van der Waals surface area contributed by atoms with Gasteiger partial charge in [-0.1, -0.05) is 11.2 Å². The van der Waals surface area contributed by atoms with E-state index in [-0.39, 0.29) is 47.9 Å². The lowest BCUT2D eigenvalue weighted by Crippen LogP contribution is -2.62. The zero-order chi connectivity index (χ0) is 28.8. The zero-order valence-electron chi connectivity index (χ0n) is 20.6. The number of morpholine rings is 1. The average molecular weight is 696 g/mol. The van der Waals surface area contributed by atoms with E-state index in [0.717, 1.165) is 51.2 Å². The predicted molar refractivity (Wildman–Crippen MR) is 143 cm³/mol. The Morgan fingerprint density at radius 2 is 1.95 bits per heavy atom. The number of fused-ring (bicyclic) bond motifs is 1. The van der Waals surface area contributed by atoms with Gasteiger partial charge in [0.15, 0.2) is 5.82 Å². The number of hydrogen-bond acceptors (Lipinski definition) is 7. The maximum absolute atomic E-state index is 15.5. The molecule has 0 saturated carbocycles. The van der Waals surface area contributed by atoms with Crippen molar-refractivity contribution in [3.05, 3.63) is 59.9 Å². The summed E-state index contributed by atoms with van der Waals surface area (Å²) < 4.78 is 98.6. The second-order valence-electron chi connectivity index (χ2n) is 9.02. The molecule has 0 unspecified atom stereocenters. The summed E-state index contributed by atoms with van der Waals surface area (Å²) in [5.74, 6) is -2.45. The lowest BCUT2D eigenvalue weighted by Gasteiger charge is -2.46. The molecule has 1 amide bonds. The van der Waals surface area contributed by atoms with Gasteiger partial charge in [0.25, 0.3) is 5.91 Å². The Hall–Kier alpha value is -2.96. The first-order chi connectivity index (χ1) is 18.9. The summed E-state index contributed by atoms with van der Waals surface area (Å²) in [6.45, 7) is -0.495. The molecule has 1 N–H and O–H groups in total. The van der Waals surface area contributed by atoms with Crippen LogP contribution in [0.3, 0.4) is 0 Å². The number of halogens is 5. The Balaban J connectivity index is 1.45. The number of alkyl halides is 3. The van der Waals surface area contributed by atoms with Crippen molar-refractivity contribution >= 4 is 50.2 Å². The van der Waals surface area contributed by atoms with E-state index in [4.69, 9.17) is 9.47 Å². The number of benzene rings is 2. The predicted octanol–water partition coefficient (Wildman–Crippen LogP) is 4.28. The number of rotatable bonds is 7. The zero-order valence-corrected chi connectivity index (χ0v) is 23.6. The van der Waals surface area contributed by atoms with E-state index >= 15 is 4.39 Å². The molecule has 3 aromatic rings. The first-order valence-corrected chi connectivity index (χ1v) is 14.3. The number of nitrogens with zero attached hydrogens (tertiary/aromatic N) is 3. The first-order valence-electron chi connectivity index (χ1n) is 11.8. The lowest BCUT2D eigenvalue weighted by atomic mass is 9.97. The van der Waals surface area contributed by atoms with Crippen LogP contribution >= 0.6 is 22.6 Å². The number of carbonyl (C=O) groups is 1. The molecule has 2 atom stereocenters. The Labute approximate surface area is 239 Å². The van der Waals surface area contributed by atoms with Crippen LogP contribution in [0, 0.1) is 11.6 Å². The third kappa shape index (κ3) is 5.48. The highest BCUT2D eigenvalue weighted by Gasteiger charge is 2.45. The second-order valence-corrected chi connectivity index (χ2v) is 12.0. The summed E-state index contributed by atoms with van der Waals surface area (Å²) in [6.07, 6.45) is 0.608. The number of nitrogens with one attached hydrogen (secondary N) is 1. The summed E-state index contributed by atoms with van der Waals surface area (Å²) in [6, 6.07) is 5.81. The molecule has 1 aromatic heterocycles. The molecule has 5 rings (SSSR count). The van der Waals surface area contributed by atoms with Crippen molar-refractivity contribution in [1.29, 1.82) is 0 Å². The van der Waals surface area contributed by atoms with Crippen LogP contribution in [0.5, 0.6) is 5.75 Å². The molecule has 0 aliphatic carbocycles. The molecule has 0 bridgehead atoms. The minimum absolute atomic E-state index is 0.000672. The van der Waals surface area contributed by atoms with E-state index in [1.807, 2.05) is 0 Å². The Morgan fingerprint density at radius 3 is 2.62 bits per heavy atom. The number of methoxy groups -OCH3 is 1. The number of anilines is 2. The van der Waals surface area contributed by atoms with Crippen LogP contribution in [0.4, 0.5) is 29.1 Å². The molecule has 40 heavy (non-hydrogen) atoms. The standard InChI is InChI=1S/C24H21F4IN4O6S/c1-37-20-9-14(13-2-3-16(25)15(8-13)24(27,28)29)17(26)10-19(20)33-18-4-6-32(11-21(18)38-12-23(33)34)40(35,36)31-22-5-7-39-30-22/h2-3,5,7-10,18,21H,4,6,11-12H2,1H3,(H,30,31)/t18-,21-/m1/s1. The normalized spacial score (nSPS) is 20.4. The maximum atomic E-state index is 15.5. The van der Waals surface area contributed by atoms with Crippen molar-refractivity contribution < 1.29 is 44.8 Å². The number of carbonyl (C=O) groups excluding carboxylic acids is 1. The molecule has 0 radical (unpaired) electrons. The summed E-state index contributed by atoms with van der Waals surface area (Å²) in [4.78, 5) is 14.3. The van der Waals surface area contributed by atoms with Crippen LogP contribution in [0.2, 0.25) is 0 Å². The van der Waals surface area contributed by atoms with Crippen molar-refractivity contribution in [3.63, 3.8) is 0 Å². The van der Waals surface area contributed by atoms with E-state index < -0.39 is 56.0 Å². The maximum Gasteiger partial charge on any atom is 0.324 e. The molecule has 2 aliphatic rings. The molecule has 2 saturated heterocycles. The van der Waals surface area contributed by atoms with Gasteiger partial charge < -0.3 is 18.9 Å². The van der Waals surface area contributed by atoms with E-state index in [0.29, 0.717) is 0 Å². The van der Waals surface area contributed by atoms with Crippen molar-refractivity contribution in [3.8, 4) is 16.9 Å². The number of aromatic nitrogens is 1. The Kier molecular flexibility index (Phi) is 7.71. The van der Waals surface area contributed by atoms with Crippen LogP contribution in [-0.2, 0) is 23.7 Å². The molecule has 3 heterocycles. The van der Waals surface area contributed by atoms with E-state index in [1.165, 1.54) is 30.4 Å². The highest BCUT2D eigenvalue weighted by Crippen LogP contribution is 2.42. The van der Waals surface area contributed by atoms with Gasteiger partial charge >= 0.3 is 14.1 Å². The van der Waals surface area contributed by atoms with Crippen molar-refractivity contribution in [2.45, 2.75) is 22.5 Å². The Bertz CT molecular complexity index is 1540. The van der Waals surface area contributed by atoms with Crippen LogP contribution in [0.25, 0.3) is 11.1 Å². The SMILES string of the molecule is COc1cc(-c2ccc(F)c(C(F)(F)I)c2)c(F)cc1N1C(=O)CO[C@@H]2CN(S(=O)(=O)Nc3ccon3)CC[C@H]21. The van der Waals surface area contributed by atoms with Crippen molar-refractivity contribution in [1.82, 2.24) is 9.46 Å². The summed E-state index contributed by atoms with van der Waals surface area (Å²) in [5.41, 5.74) is -0.997. The molecule has 2 fully saturated rings. The molecule has 214 valence electrons. The third-order valence-electron chi connectivity index (χ3n) is 6.63. The Morgan fingerprint density at radius 1 is 1.18 bits per heavy atom. The van der Waals surface area contributed by atoms with E-state index in [9.17, 15) is 26.4 Å². The van der Waals surface area contributed by atoms with E-state index in [1.54, 1.807) is 0 Å². The minimum atomic E-state index is -4.01. The quantitative estimate of drug-likeness (QED) is 0.223. The molecular weight excluding hydrogens is 675 g/mol. The fraction of sp³-hybridized carbons (Fsp3) is 0.333. The fourth-order valence-electron chi connectivity index (χ4n) is 4.79. The van der Waals surface area contributed by atoms with E-state index in [2.05, 4.69) is 14.4 Å². The monoisotopic (exact) mass is 696 g/mol. The molecule has 0 spiro atoms. The summed E-state index contributed by atoms with van der Waals surface area (Å²) >= 11 is 0.792. The van der Waals surface area contributed by atoms with Gasteiger partial charge in [-0.25, -0.2) is 8.78 Å². The highest BCUT2D eigenvalue weighted by atomic mass is 127. The fourth-order valence-corrected chi connectivity index (χ4v) is 6.39. The number of piperidine rings is 1. The van der Waals surface area contributed by atoms with Gasteiger partial charge in [0, 0.05) is 53.4 Å². The molecule has 16 heteroatoms. The average Bonchev–Trinajstić information content (AvgIpc) is 3.40. The van der Waals surface area contributed by atoms with Crippen LogP contribution in [0.1, 0.15) is 12.0 Å².